The van der Waals surface area contributed by atoms with Crippen LogP contribution >= 0.6 is 0 Å². The molecule has 2 rings (SSSR count). The molecule has 110 valence electrons. The largest absolute Gasteiger partial charge is 0.396 e. The van der Waals surface area contributed by atoms with E-state index in [9.17, 15) is 4.79 Å². The van der Waals surface area contributed by atoms with Crippen LogP contribution < -0.4 is 5.32 Å². The Balaban J connectivity index is 1.93. The van der Waals surface area contributed by atoms with Crippen LogP contribution in [0.3, 0.4) is 0 Å². The number of aliphatic hydroxyl groups is 1. The summed E-state index contributed by atoms with van der Waals surface area (Å²) in [6, 6.07) is 0.445. The third-order valence-electron chi connectivity index (χ3n) is 4.74. The van der Waals surface area contributed by atoms with Crippen molar-refractivity contribution in [3.63, 3.8) is 0 Å². The van der Waals surface area contributed by atoms with Gasteiger partial charge in [0.25, 0.3) is 0 Å². The maximum absolute atomic E-state index is 12.7. The lowest BCUT2D eigenvalue weighted by Gasteiger charge is -2.41. The molecule has 1 aliphatic heterocycles. The van der Waals surface area contributed by atoms with Crippen LogP contribution in [0.5, 0.6) is 0 Å². The van der Waals surface area contributed by atoms with E-state index in [4.69, 9.17) is 5.11 Å². The maximum atomic E-state index is 12.7. The predicted molar refractivity (Wildman–Crippen MR) is 75.9 cm³/mol. The molecule has 4 nitrogen and oxygen atoms in total. The lowest BCUT2D eigenvalue weighted by Crippen LogP contribution is -2.54. The van der Waals surface area contributed by atoms with Gasteiger partial charge in [0.2, 0.25) is 5.91 Å². The average molecular weight is 268 g/mol. The molecule has 1 amide bonds. The van der Waals surface area contributed by atoms with E-state index in [-0.39, 0.29) is 18.6 Å². The molecule has 2 aliphatic rings. The van der Waals surface area contributed by atoms with Crippen LogP contribution in [-0.2, 0) is 4.79 Å². The van der Waals surface area contributed by atoms with Gasteiger partial charge in [0, 0.05) is 19.2 Å². The van der Waals surface area contributed by atoms with E-state index in [0.29, 0.717) is 18.4 Å². The van der Waals surface area contributed by atoms with E-state index in [1.807, 2.05) is 4.90 Å². The number of nitrogens with zero attached hydrogens (tertiary/aromatic N) is 1. The van der Waals surface area contributed by atoms with Crippen LogP contribution in [0.4, 0.5) is 0 Å². The average Bonchev–Trinajstić information content (AvgIpc) is 2.40. The van der Waals surface area contributed by atoms with Crippen molar-refractivity contribution in [2.24, 2.45) is 5.92 Å². The minimum atomic E-state index is 0.0120. The normalized spacial score (nSPS) is 27.9. The summed E-state index contributed by atoms with van der Waals surface area (Å²) in [6.45, 7) is 4.07. The fraction of sp³-hybridized carbons (Fsp3) is 0.933. The third kappa shape index (κ3) is 3.69. The molecule has 0 radical (unpaired) electrons. The van der Waals surface area contributed by atoms with Gasteiger partial charge in [0.15, 0.2) is 0 Å². The summed E-state index contributed by atoms with van der Waals surface area (Å²) in [5, 5.41) is 12.4. The Bertz CT molecular complexity index is 292. The molecule has 1 saturated heterocycles. The van der Waals surface area contributed by atoms with E-state index < -0.39 is 0 Å². The number of hydrogen-bond acceptors (Lipinski definition) is 3. The first kappa shape index (κ1) is 14.8. The molecule has 19 heavy (non-hydrogen) atoms. The van der Waals surface area contributed by atoms with Crippen LogP contribution in [0.1, 0.15) is 51.9 Å². The molecule has 2 unspecified atom stereocenters. The Morgan fingerprint density at radius 2 is 2.16 bits per heavy atom. The van der Waals surface area contributed by atoms with Gasteiger partial charge in [-0.3, -0.25) is 4.79 Å². The first-order valence-corrected chi connectivity index (χ1v) is 7.91. The van der Waals surface area contributed by atoms with Crippen molar-refractivity contribution in [1.29, 1.82) is 0 Å². The topological polar surface area (TPSA) is 52.6 Å². The molecule has 0 spiro atoms. The SMILES string of the molecule is CCC1CCNC(C(=O)N(CCCO)C2CCC2)C1. The van der Waals surface area contributed by atoms with Gasteiger partial charge in [0.05, 0.1) is 6.04 Å². The van der Waals surface area contributed by atoms with Crippen LogP contribution in [0, 0.1) is 5.92 Å². The third-order valence-corrected chi connectivity index (χ3v) is 4.74. The zero-order chi connectivity index (χ0) is 13.7. The van der Waals surface area contributed by atoms with Gasteiger partial charge in [-0.2, -0.15) is 0 Å². The second-order valence-electron chi connectivity index (χ2n) is 6.00. The Kier molecular flexibility index (Phi) is 5.64. The summed E-state index contributed by atoms with van der Waals surface area (Å²) in [7, 11) is 0. The number of amides is 1. The van der Waals surface area contributed by atoms with Gasteiger partial charge >= 0.3 is 0 Å². The summed E-state index contributed by atoms with van der Waals surface area (Å²) in [5.74, 6) is 0.965. The first-order chi connectivity index (χ1) is 9.26. The van der Waals surface area contributed by atoms with Crippen molar-refractivity contribution >= 4 is 5.91 Å². The Morgan fingerprint density at radius 1 is 1.37 bits per heavy atom. The van der Waals surface area contributed by atoms with E-state index in [1.165, 1.54) is 19.3 Å². The molecular weight excluding hydrogens is 240 g/mol. The quantitative estimate of drug-likeness (QED) is 0.768. The van der Waals surface area contributed by atoms with Gasteiger partial charge in [-0.15, -0.1) is 0 Å². The lowest BCUT2D eigenvalue weighted by molar-refractivity contribution is -0.138. The molecule has 0 aromatic rings. The number of piperidine rings is 1. The highest BCUT2D eigenvalue weighted by Gasteiger charge is 2.34. The second kappa shape index (κ2) is 7.25. The van der Waals surface area contributed by atoms with Crippen molar-refractivity contribution in [1.82, 2.24) is 10.2 Å². The monoisotopic (exact) mass is 268 g/mol. The van der Waals surface area contributed by atoms with Gasteiger partial charge in [-0.05, 0) is 51.0 Å². The van der Waals surface area contributed by atoms with E-state index in [2.05, 4.69) is 12.2 Å². The molecule has 2 N–H and O–H groups in total. The molecule has 4 heteroatoms. The summed E-state index contributed by atoms with van der Waals surface area (Å²) in [4.78, 5) is 14.7. The smallest absolute Gasteiger partial charge is 0.239 e. The van der Waals surface area contributed by atoms with Gasteiger partial charge in [0.1, 0.15) is 0 Å². The predicted octanol–water partition coefficient (Wildman–Crippen LogP) is 1.53. The Labute approximate surface area is 116 Å². The fourth-order valence-electron chi connectivity index (χ4n) is 3.17. The zero-order valence-corrected chi connectivity index (χ0v) is 12.1. The highest BCUT2D eigenvalue weighted by atomic mass is 16.3. The number of rotatable bonds is 6. The van der Waals surface area contributed by atoms with Crippen molar-refractivity contribution in [2.75, 3.05) is 19.7 Å². The van der Waals surface area contributed by atoms with Gasteiger partial charge in [-0.25, -0.2) is 0 Å². The molecule has 0 bridgehead atoms. The molecule has 1 saturated carbocycles. The molecular formula is C15H28N2O2. The number of aliphatic hydroxyl groups excluding tert-OH is 1. The summed E-state index contributed by atoms with van der Waals surface area (Å²) in [6.07, 6.45) is 7.57. The van der Waals surface area contributed by atoms with Crippen molar-refractivity contribution in [3.8, 4) is 0 Å². The van der Waals surface area contributed by atoms with Crippen molar-refractivity contribution in [3.05, 3.63) is 0 Å². The van der Waals surface area contributed by atoms with Crippen LogP contribution in [-0.4, -0.2) is 47.7 Å². The van der Waals surface area contributed by atoms with Gasteiger partial charge in [-0.1, -0.05) is 13.3 Å². The van der Waals surface area contributed by atoms with E-state index in [1.54, 1.807) is 0 Å². The number of nitrogens with one attached hydrogen (secondary N) is 1. The molecule has 0 aromatic carbocycles. The van der Waals surface area contributed by atoms with Gasteiger partial charge < -0.3 is 15.3 Å². The van der Waals surface area contributed by atoms with Crippen molar-refractivity contribution < 1.29 is 9.90 Å². The minimum Gasteiger partial charge on any atom is -0.396 e. The lowest BCUT2D eigenvalue weighted by atomic mass is 9.87. The standard InChI is InChI=1S/C15H28N2O2/c1-2-12-7-8-16-14(11-12)15(19)17(9-4-10-18)13-5-3-6-13/h12-14,16,18H,2-11H2,1H3. The Morgan fingerprint density at radius 3 is 2.74 bits per heavy atom. The maximum Gasteiger partial charge on any atom is 0.239 e. The van der Waals surface area contributed by atoms with Crippen molar-refractivity contribution in [2.45, 2.75) is 64.0 Å². The molecule has 2 fully saturated rings. The first-order valence-electron chi connectivity index (χ1n) is 7.91. The highest BCUT2D eigenvalue weighted by Crippen LogP contribution is 2.27. The van der Waals surface area contributed by atoms with E-state index >= 15 is 0 Å². The molecule has 1 aliphatic carbocycles. The fourth-order valence-corrected chi connectivity index (χ4v) is 3.17. The Hall–Kier alpha value is -0.610. The van der Waals surface area contributed by atoms with E-state index in [0.717, 1.165) is 32.4 Å². The summed E-state index contributed by atoms with van der Waals surface area (Å²) >= 11 is 0. The second-order valence-corrected chi connectivity index (χ2v) is 6.00. The molecule has 2 atom stereocenters. The summed E-state index contributed by atoms with van der Waals surface area (Å²) in [5.41, 5.74) is 0. The van der Waals surface area contributed by atoms with Crippen LogP contribution in [0.15, 0.2) is 0 Å². The number of carbonyl (C=O) groups excluding carboxylic acids is 1. The molecule has 0 aromatic heterocycles. The minimum absolute atomic E-state index is 0.0120. The number of hydrogen-bond donors (Lipinski definition) is 2. The van der Waals surface area contributed by atoms with Crippen LogP contribution in [0.2, 0.25) is 0 Å². The summed E-state index contributed by atoms with van der Waals surface area (Å²) < 4.78 is 0. The highest BCUT2D eigenvalue weighted by molar-refractivity contribution is 5.82. The van der Waals surface area contributed by atoms with Crippen LogP contribution in [0.25, 0.3) is 0 Å². The zero-order valence-electron chi connectivity index (χ0n) is 12.1. The molecule has 1 heterocycles. The number of carbonyl (C=O) groups is 1.